The number of benzene rings is 1. The monoisotopic (exact) mass is 428 g/mol. The van der Waals surface area contributed by atoms with E-state index in [9.17, 15) is 0 Å². The Hall–Kier alpha value is -1.64. The molecule has 0 spiro atoms. The first kappa shape index (κ1) is 19.4. The van der Waals surface area contributed by atoms with E-state index in [1.165, 1.54) is 16.7 Å². The SMILES string of the molecule is CN=C(NCCc1cc(C)cc(C)c1)NCc1nncn1C.I. The molecule has 0 fully saturated rings. The van der Waals surface area contributed by atoms with Crippen molar-refractivity contribution >= 4 is 29.9 Å². The van der Waals surface area contributed by atoms with Gasteiger partial charge in [0.1, 0.15) is 6.33 Å². The van der Waals surface area contributed by atoms with Gasteiger partial charge in [-0.2, -0.15) is 0 Å². The highest BCUT2D eigenvalue weighted by atomic mass is 127. The van der Waals surface area contributed by atoms with Crippen molar-refractivity contribution in [3.05, 3.63) is 47.0 Å². The number of nitrogens with one attached hydrogen (secondary N) is 2. The lowest BCUT2D eigenvalue weighted by Crippen LogP contribution is -2.38. The minimum atomic E-state index is 0. The van der Waals surface area contributed by atoms with Gasteiger partial charge in [-0.05, 0) is 25.8 Å². The number of nitrogens with zero attached hydrogens (tertiary/aromatic N) is 4. The molecule has 0 saturated heterocycles. The summed E-state index contributed by atoms with van der Waals surface area (Å²) in [6.45, 7) is 5.69. The molecule has 0 saturated carbocycles. The van der Waals surface area contributed by atoms with Crippen LogP contribution < -0.4 is 10.6 Å². The minimum Gasteiger partial charge on any atom is -0.356 e. The molecule has 6 nitrogen and oxygen atoms in total. The second-order valence-corrected chi connectivity index (χ2v) is 5.46. The first-order chi connectivity index (χ1) is 10.6. The molecule has 0 atom stereocenters. The molecular weight excluding hydrogens is 403 g/mol. The zero-order valence-electron chi connectivity index (χ0n) is 14.1. The number of hydrogen-bond acceptors (Lipinski definition) is 3. The lowest BCUT2D eigenvalue weighted by atomic mass is 10.1. The summed E-state index contributed by atoms with van der Waals surface area (Å²) in [6.07, 6.45) is 2.65. The number of aromatic nitrogens is 3. The minimum absolute atomic E-state index is 0. The molecule has 0 radical (unpaired) electrons. The second-order valence-electron chi connectivity index (χ2n) is 5.46. The third-order valence-electron chi connectivity index (χ3n) is 3.43. The van der Waals surface area contributed by atoms with E-state index >= 15 is 0 Å². The Kier molecular flexibility index (Phi) is 8.01. The van der Waals surface area contributed by atoms with Crippen molar-refractivity contribution in [1.82, 2.24) is 25.4 Å². The van der Waals surface area contributed by atoms with Crippen molar-refractivity contribution in [1.29, 1.82) is 0 Å². The van der Waals surface area contributed by atoms with Crippen LogP contribution >= 0.6 is 24.0 Å². The predicted molar refractivity (Wildman–Crippen MR) is 104 cm³/mol. The fourth-order valence-electron chi connectivity index (χ4n) is 2.39. The van der Waals surface area contributed by atoms with Crippen LogP contribution in [0.5, 0.6) is 0 Å². The summed E-state index contributed by atoms with van der Waals surface area (Å²) < 4.78 is 1.88. The van der Waals surface area contributed by atoms with Crippen molar-refractivity contribution < 1.29 is 0 Å². The fraction of sp³-hybridized carbons (Fsp3) is 0.438. The molecule has 0 aliphatic carbocycles. The third-order valence-corrected chi connectivity index (χ3v) is 3.43. The molecule has 1 aromatic carbocycles. The average molecular weight is 428 g/mol. The summed E-state index contributed by atoms with van der Waals surface area (Å²) in [5.41, 5.74) is 3.95. The molecule has 1 aromatic heterocycles. The maximum absolute atomic E-state index is 4.22. The first-order valence-electron chi connectivity index (χ1n) is 7.43. The van der Waals surface area contributed by atoms with Crippen LogP contribution in [0.2, 0.25) is 0 Å². The summed E-state index contributed by atoms with van der Waals surface area (Å²) in [7, 11) is 3.69. The Morgan fingerprint density at radius 3 is 2.43 bits per heavy atom. The number of rotatable bonds is 5. The van der Waals surface area contributed by atoms with Crippen LogP contribution in [0.3, 0.4) is 0 Å². The first-order valence-corrected chi connectivity index (χ1v) is 7.43. The van der Waals surface area contributed by atoms with E-state index in [4.69, 9.17) is 0 Å². The van der Waals surface area contributed by atoms with E-state index in [1.807, 2.05) is 11.6 Å². The maximum Gasteiger partial charge on any atom is 0.191 e. The highest BCUT2D eigenvalue weighted by Crippen LogP contribution is 2.08. The Morgan fingerprint density at radius 1 is 1.17 bits per heavy atom. The molecule has 0 unspecified atom stereocenters. The van der Waals surface area contributed by atoms with Gasteiger partial charge in [0.15, 0.2) is 11.8 Å². The van der Waals surface area contributed by atoms with Gasteiger partial charge in [-0.1, -0.05) is 29.3 Å². The van der Waals surface area contributed by atoms with E-state index in [-0.39, 0.29) is 24.0 Å². The zero-order chi connectivity index (χ0) is 15.9. The van der Waals surface area contributed by atoms with Crippen molar-refractivity contribution in [3.8, 4) is 0 Å². The Labute approximate surface area is 154 Å². The molecule has 0 aliphatic rings. The number of guanidine groups is 1. The molecule has 2 N–H and O–H groups in total. The third kappa shape index (κ3) is 6.17. The van der Waals surface area contributed by atoms with Gasteiger partial charge in [-0.3, -0.25) is 4.99 Å². The Balaban J connectivity index is 0.00000264. The van der Waals surface area contributed by atoms with Gasteiger partial charge in [-0.25, -0.2) is 0 Å². The van der Waals surface area contributed by atoms with Gasteiger partial charge < -0.3 is 15.2 Å². The van der Waals surface area contributed by atoms with Gasteiger partial charge in [0.2, 0.25) is 0 Å². The van der Waals surface area contributed by atoms with E-state index in [2.05, 4.69) is 57.9 Å². The van der Waals surface area contributed by atoms with Gasteiger partial charge in [0.05, 0.1) is 6.54 Å². The molecule has 23 heavy (non-hydrogen) atoms. The van der Waals surface area contributed by atoms with Crippen LogP contribution in [0.15, 0.2) is 29.5 Å². The van der Waals surface area contributed by atoms with Gasteiger partial charge in [-0.15, -0.1) is 34.2 Å². The highest BCUT2D eigenvalue weighted by molar-refractivity contribution is 14.0. The molecule has 0 aliphatic heterocycles. The van der Waals surface area contributed by atoms with Crippen molar-refractivity contribution in [2.75, 3.05) is 13.6 Å². The van der Waals surface area contributed by atoms with Crippen LogP contribution in [0, 0.1) is 13.8 Å². The second kappa shape index (κ2) is 9.49. The van der Waals surface area contributed by atoms with E-state index in [1.54, 1.807) is 13.4 Å². The summed E-state index contributed by atoms with van der Waals surface area (Å²) in [5, 5.41) is 14.5. The summed E-state index contributed by atoms with van der Waals surface area (Å²) in [5.74, 6) is 1.64. The highest BCUT2D eigenvalue weighted by Gasteiger charge is 2.03. The standard InChI is InChI=1S/C16H24N6.HI/c1-12-7-13(2)9-14(8-12)5-6-18-16(17-3)19-10-15-21-20-11-22(15)4;/h7-9,11H,5-6,10H2,1-4H3,(H2,17,18,19);1H. The molecule has 2 aromatic rings. The molecular formula is C16H25IN6. The number of aliphatic imine (C=N–C) groups is 1. The van der Waals surface area contributed by atoms with Gasteiger partial charge in [0, 0.05) is 20.6 Å². The topological polar surface area (TPSA) is 67.1 Å². The molecule has 0 amide bonds. The largest absolute Gasteiger partial charge is 0.356 e. The quantitative estimate of drug-likeness (QED) is 0.434. The van der Waals surface area contributed by atoms with E-state index in [0.717, 1.165) is 24.7 Å². The summed E-state index contributed by atoms with van der Waals surface area (Å²) >= 11 is 0. The Morgan fingerprint density at radius 2 is 1.87 bits per heavy atom. The summed E-state index contributed by atoms with van der Waals surface area (Å²) in [4.78, 5) is 4.22. The zero-order valence-corrected chi connectivity index (χ0v) is 16.5. The molecule has 0 bridgehead atoms. The van der Waals surface area contributed by atoms with E-state index in [0.29, 0.717) is 6.54 Å². The predicted octanol–water partition coefficient (Wildman–Crippen LogP) is 1.96. The number of aryl methyl sites for hydroxylation is 3. The maximum atomic E-state index is 4.22. The number of hydrogen-bond donors (Lipinski definition) is 2. The molecule has 126 valence electrons. The molecule has 2 rings (SSSR count). The van der Waals surface area contributed by atoms with Gasteiger partial charge >= 0.3 is 0 Å². The van der Waals surface area contributed by atoms with Crippen LogP contribution in [0.4, 0.5) is 0 Å². The molecule has 7 heteroatoms. The van der Waals surface area contributed by atoms with Crippen molar-refractivity contribution in [3.63, 3.8) is 0 Å². The van der Waals surface area contributed by atoms with E-state index < -0.39 is 0 Å². The Bertz CT molecular complexity index is 630. The average Bonchev–Trinajstić information content (AvgIpc) is 2.87. The normalized spacial score (nSPS) is 11.0. The summed E-state index contributed by atoms with van der Waals surface area (Å²) in [6, 6.07) is 6.65. The smallest absolute Gasteiger partial charge is 0.191 e. The number of halogens is 1. The van der Waals surface area contributed by atoms with Crippen LogP contribution in [-0.4, -0.2) is 34.3 Å². The van der Waals surface area contributed by atoms with Crippen LogP contribution in [-0.2, 0) is 20.0 Å². The molecule has 1 heterocycles. The van der Waals surface area contributed by atoms with Gasteiger partial charge in [0.25, 0.3) is 0 Å². The lowest BCUT2D eigenvalue weighted by molar-refractivity contribution is 0.723. The van der Waals surface area contributed by atoms with Crippen LogP contribution in [0.1, 0.15) is 22.5 Å². The lowest BCUT2D eigenvalue weighted by Gasteiger charge is -2.12. The van der Waals surface area contributed by atoms with Crippen LogP contribution in [0.25, 0.3) is 0 Å². The van der Waals surface area contributed by atoms with Crippen molar-refractivity contribution in [2.24, 2.45) is 12.0 Å². The fourth-order valence-corrected chi connectivity index (χ4v) is 2.39. The van der Waals surface area contributed by atoms with Crippen molar-refractivity contribution in [2.45, 2.75) is 26.8 Å².